The van der Waals surface area contributed by atoms with E-state index in [1.54, 1.807) is 12.1 Å². The van der Waals surface area contributed by atoms with Crippen molar-refractivity contribution >= 4 is 37.5 Å². The molecule has 152 valence electrons. The maximum absolute atomic E-state index is 12.5. The molecular formula is C20H26BrN3O3S. The average Bonchev–Trinajstić information content (AvgIpc) is 2.65. The molecule has 0 saturated heterocycles. The zero-order chi connectivity index (χ0) is 20.9. The Morgan fingerprint density at radius 3 is 2.46 bits per heavy atom. The van der Waals surface area contributed by atoms with E-state index in [0.717, 1.165) is 16.5 Å². The summed E-state index contributed by atoms with van der Waals surface area (Å²) in [6, 6.07) is 12.8. The fourth-order valence-corrected chi connectivity index (χ4v) is 4.58. The largest absolute Gasteiger partial charge is 0.370 e. The number of likely N-dealkylation sites (N-methyl/N-ethyl adjacent to an activating group) is 1. The summed E-state index contributed by atoms with van der Waals surface area (Å²) < 4.78 is 26.4. The molecule has 8 heteroatoms. The van der Waals surface area contributed by atoms with Gasteiger partial charge in [-0.3, -0.25) is 4.79 Å². The SMILES string of the molecule is CCN(CCNC(=O)c1ccc(Br)c(S(=O)(=O)N(C)C)c1)c1cccc(C)c1. The molecule has 0 aliphatic carbocycles. The molecule has 6 nitrogen and oxygen atoms in total. The Balaban J connectivity index is 2.07. The van der Waals surface area contributed by atoms with Gasteiger partial charge in [0, 0.05) is 49.5 Å². The molecular weight excluding hydrogens is 442 g/mol. The lowest BCUT2D eigenvalue weighted by molar-refractivity contribution is 0.0954. The molecule has 2 aromatic carbocycles. The number of carbonyl (C=O) groups is 1. The number of sulfonamides is 1. The van der Waals surface area contributed by atoms with Crippen molar-refractivity contribution in [2.24, 2.45) is 0 Å². The molecule has 0 bridgehead atoms. The van der Waals surface area contributed by atoms with Crippen LogP contribution in [0.15, 0.2) is 51.8 Å². The number of carbonyl (C=O) groups excluding carboxylic acids is 1. The van der Waals surface area contributed by atoms with E-state index < -0.39 is 10.0 Å². The van der Waals surface area contributed by atoms with Gasteiger partial charge in [0.25, 0.3) is 5.91 Å². The first kappa shape index (κ1) is 22.4. The lowest BCUT2D eigenvalue weighted by atomic mass is 10.2. The van der Waals surface area contributed by atoms with E-state index in [1.807, 2.05) is 25.1 Å². The van der Waals surface area contributed by atoms with Crippen LogP contribution in [0.1, 0.15) is 22.8 Å². The van der Waals surface area contributed by atoms with Crippen LogP contribution in [0.5, 0.6) is 0 Å². The van der Waals surface area contributed by atoms with E-state index in [9.17, 15) is 13.2 Å². The number of rotatable bonds is 8. The van der Waals surface area contributed by atoms with Crippen LogP contribution >= 0.6 is 15.9 Å². The van der Waals surface area contributed by atoms with Crippen molar-refractivity contribution in [2.75, 3.05) is 38.6 Å². The lowest BCUT2D eigenvalue weighted by Crippen LogP contribution is -2.35. The molecule has 1 amide bonds. The molecule has 2 rings (SSSR count). The first-order valence-corrected chi connectivity index (χ1v) is 11.2. The number of anilines is 1. The van der Waals surface area contributed by atoms with Crippen molar-refractivity contribution < 1.29 is 13.2 Å². The third kappa shape index (κ3) is 5.33. The minimum absolute atomic E-state index is 0.0695. The number of nitrogens with zero attached hydrogens (tertiary/aromatic N) is 2. The highest BCUT2D eigenvalue weighted by Crippen LogP contribution is 2.25. The van der Waals surface area contributed by atoms with Gasteiger partial charge >= 0.3 is 0 Å². The van der Waals surface area contributed by atoms with Crippen LogP contribution < -0.4 is 10.2 Å². The van der Waals surface area contributed by atoms with Gasteiger partial charge in [0.1, 0.15) is 0 Å². The minimum atomic E-state index is -3.64. The van der Waals surface area contributed by atoms with E-state index in [1.165, 1.54) is 25.7 Å². The number of amides is 1. The van der Waals surface area contributed by atoms with E-state index in [2.05, 4.69) is 39.1 Å². The van der Waals surface area contributed by atoms with Crippen LogP contribution in [-0.2, 0) is 10.0 Å². The second-order valence-corrected chi connectivity index (χ2v) is 9.58. The highest BCUT2D eigenvalue weighted by Gasteiger charge is 2.22. The zero-order valence-electron chi connectivity index (χ0n) is 16.6. The van der Waals surface area contributed by atoms with Gasteiger partial charge in [-0.05, 0) is 65.7 Å². The van der Waals surface area contributed by atoms with E-state index in [-0.39, 0.29) is 10.8 Å². The molecule has 2 aromatic rings. The molecule has 0 fully saturated rings. The fourth-order valence-electron chi connectivity index (χ4n) is 2.74. The smallest absolute Gasteiger partial charge is 0.251 e. The molecule has 0 aliphatic heterocycles. The maximum Gasteiger partial charge on any atom is 0.251 e. The van der Waals surface area contributed by atoms with Crippen molar-refractivity contribution in [2.45, 2.75) is 18.7 Å². The molecule has 0 saturated carbocycles. The van der Waals surface area contributed by atoms with Gasteiger partial charge in [-0.2, -0.15) is 0 Å². The summed E-state index contributed by atoms with van der Waals surface area (Å²) >= 11 is 3.25. The lowest BCUT2D eigenvalue weighted by Gasteiger charge is -2.23. The highest BCUT2D eigenvalue weighted by atomic mass is 79.9. The van der Waals surface area contributed by atoms with Crippen LogP contribution in [0.2, 0.25) is 0 Å². The van der Waals surface area contributed by atoms with E-state index in [4.69, 9.17) is 0 Å². The zero-order valence-corrected chi connectivity index (χ0v) is 19.0. The molecule has 0 heterocycles. The van der Waals surface area contributed by atoms with Crippen molar-refractivity contribution in [1.82, 2.24) is 9.62 Å². The Morgan fingerprint density at radius 2 is 1.86 bits per heavy atom. The van der Waals surface area contributed by atoms with E-state index in [0.29, 0.717) is 23.1 Å². The van der Waals surface area contributed by atoms with Crippen LogP contribution in [0.25, 0.3) is 0 Å². The Hall–Kier alpha value is -1.90. The second kappa shape index (κ2) is 9.54. The minimum Gasteiger partial charge on any atom is -0.370 e. The number of hydrogen-bond donors (Lipinski definition) is 1. The normalized spacial score (nSPS) is 11.5. The summed E-state index contributed by atoms with van der Waals surface area (Å²) in [5, 5.41) is 2.87. The predicted octanol–water partition coefficient (Wildman–Crippen LogP) is 3.26. The van der Waals surface area contributed by atoms with Crippen molar-refractivity contribution in [3.63, 3.8) is 0 Å². The van der Waals surface area contributed by atoms with Crippen LogP contribution in [-0.4, -0.2) is 52.4 Å². The summed E-state index contributed by atoms with van der Waals surface area (Å²) in [6.45, 7) is 6.05. The Bertz CT molecular complexity index is 945. The summed E-state index contributed by atoms with van der Waals surface area (Å²) in [4.78, 5) is 14.8. The summed E-state index contributed by atoms with van der Waals surface area (Å²) in [5.41, 5.74) is 2.60. The number of nitrogens with one attached hydrogen (secondary N) is 1. The third-order valence-corrected chi connectivity index (χ3v) is 7.18. The van der Waals surface area contributed by atoms with Crippen LogP contribution in [0, 0.1) is 6.92 Å². The highest BCUT2D eigenvalue weighted by molar-refractivity contribution is 9.10. The van der Waals surface area contributed by atoms with Gasteiger partial charge in [0.2, 0.25) is 10.0 Å². The Labute approximate surface area is 175 Å². The van der Waals surface area contributed by atoms with E-state index >= 15 is 0 Å². The standard InChI is InChI=1S/C20H26BrN3O3S/c1-5-24(17-8-6-7-15(2)13-17)12-11-22-20(25)16-9-10-18(21)19(14-16)28(26,27)23(3)4/h6-10,13-14H,5,11-12H2,1-4H3,(H,22,25). The maximum atomic E-state index is 12.5. The number of aryl methyl sites for hydroxylation is 1. The summed E-state index contributed by atoms with van der Waals surface area (Å²) in [5.74, 6) is -0.303. The first-order chi connectivity index (χ1) is 13.2. The topological polar surface area (TPSA) is 69.7 Å². The monoisotopic (exact) mass is 467 g/mol. The van der Waals surface area contributed by atoms with Crippen molar-refractivity contribution in [1.29, 1.82) is 0 Å². The molecule has 0 radical (unpaired) electrons. The fraction of sp³-hybridized carbons (Fsp3) is 0.350. The number of benzene rings is 2. The van der Waals surface area contributed by atoms with Gasteiger partial charge in [-0.25, -0.2) is 12.7 Å². The van der Waals surface area contributed by atoms with Gasteiger partial charge in [0.05, 0.1) is 4.90 Å². The van der Waals surface area contributed by atoms with Crippen LogP contribution in [0.4, 0.5) is 5.69 Å². The molecule has 0 unspecified atom stereocenters. The van der Waals surface area contributed by atoms with Gasteiger partial charge in [-0.15, -0.1) is 0 Å². The second-order valence-electron chi connectivity index (χ2n) is 6.61. The predicted molar refractivity (Wildman–Crippen MR) is 116 cm³/mol. The molecule has 0 atom stereocenters. The summed E-state index contributed by atoms with van der Waals surface area (Å²) in [6.07, 6.45) is 0. The van der Waals surface area contributed by atoms with Gasteiger partial charge in [-0.1, -0.05) is 12.1 Å². The average molecular weight is 468 g/mol. The number of halogens is 1. The van der Waals surface area contributed by atoms with Gasteiger partial charge in [0.15, 0.2) is 0 Å². The van der Waals surface area contributed by atoms with Crippen LogP contribution in [0.3, 0.4) is 0 Å². The Kier molecular flexibility index (Phi) is 7.63. The molecule has 0 spiro atoms. The molecule has 28 heavy (non-hydrogen) atoms. The van der Waals surface area contributed by atoms with Crippen molar-refractivity contribution in [3.05, 3.63) is 58.1 Å². The number of hydrogen-bond acceptors (Lipinski definition) is 4. The summed E-state index contributed by atoms with van der Waals surface area (Å²) in [7, 11) is -0.728. The van der Waals surface area contributed by atoms with Crippen molar-refractivity contribution in [3.8, 4) is 0 Å². The Morgan fingerprint density at radius 1 is 1.14 bits per heavy atom. The molecule has 0 aromatic heterocycles. The first-order valence-electron chi connectivity index (χ1n) is 8.98. The quantitative estimate of drug-likeness (QED) is 0.646. The van der Waals surface area contributed by atoms with Gasteiger partial charge < -0.3 is 10.2 Å². The molecule has 1 N–H and O–H groups in total. The molecule has 0 aliphatic rings. The third-order valence-electron chi connectivity index (χ3n) is 4.37.